The summed E-state index contributed by atoms with van der Waals surface area (Å²) in [7, 11) is 1.93. The Bertz CT molecular complexity index is 527. The number of nitrogens with one attached hydrogen (secondary N) is 1. The predicted molar refractivity (Wildman–Crippen MR) is 83.3 cm³/mol. The largest absolute Gasteiger partial charge is 0.487 e. The highest BCUT2D eigenvalue weighted by molar-refractivity contribution is 9.10. The van der Waals surface area contributed by atoms with Gasteiger partial charge in [0, 0.05) is 26.8 Å². The van der Waals surface area contributed by atoms with Crippen molar-refractivity contribution in [2.75, 3.05) is 7.05 Å². The molecule has 0 amide bonds. The highest BCUT2D eigenvalue weighted by Crippen LogP contribution is 2.30. The van der Waals surface area contributed by atoms with Crippen molar-refractivity contribution in [2.24, 2.45) is 0 Å². The van der Waals surface area contributed by atoms with Crippen LogP contribution in [0.25, 0.3) is 0 Å². The third-order valence-corrected chi connectivity index (χ3v) is 4.69. The second-order valence-corrected chi connectivity index (χ2v) is 6.54. The first kappa shape index (κ1) is 14.1. The first-order valence-corrected chi connectivity index (χ1v) is 7.95. The molecule has 0 saturated carbocycles. The van der Waals surface area contributed by atoms with Gasteiger partial charge in [-0.3, -0.25) is 0 Å². The summed E-state index contributed by atoms with van der Waals surface area (Å²) in [5.74, 6) is 0.913. The average Bonchev–Trinajstić information content (AvgIpc) is 2.75. The van der Waals surface area contributed by atoms with Gasteiger partial charge in [0.15, 0.2) is 0 Å². The van der Waals surface area contributed by atoms with E-state index < -0.39 is 0 Å². The van der Waals surface area contributed by atoms with Gasteiger partial charge in [0.2, 0.25) is 0 Å². The Labute approximate surface area is 128 Å². The van der Waals surface area contributed by atoms with Crippen LogP contribution in [0, 0.1) is 0 Å². The van der Waals surface area contributed by atoms with Crippen LogP contribution >= 0.6 is 43.2 Å². The van der Waals surface area contributed by atoms with Crippen molar-refractivity contribution in [1.82, 2.24) is 5.32 Å². The third kappa shape index (κ3) is 3.57. The number of hydrogen-bond acceptors (Lipinski definition) is 3. The SMILES string of the molecule is CNCc1cccc(Br)c1OCc1cc(Br)cs1. The molecule has 1 N–H and O–H groups in total. The molecule has 96 valence electrons. The van der Waals surface area contributed by atoms with Crippen LogP contribution in [-0.2, 0) is 13.2 Å². The van der Waals surface area contributed by atoms with E-state index in [2.05, 4.69) is 54.7 Å². The zero-order valence-electron chi connectivity index (χ0n) is 9.87. The first-order chi connectivity index (χ1) is 8.70. The Kier molecular flexibility index (Phi) is 5.24. The highest BCUT2D eigenvalue weighted by atomic mass is 79.9. The lowest BCUT2D eigenvalue weighted by Crippen LogP contribution is -2.07. The fraction of sp³-hybridized carbons (Fsp3) is 0.231. The van der Waals surface area contributed by atoms with Gasteiger partial charge in [-0.05, 0) is 51.0 Å². The van der Waals surface area contributed by atoms with Gasteiger partial charge in [-0.25, -0.2) is 0 Å². The molecule has 0 atom stereocenters. The predicted octanol–water partition coefficient (Wildman–Crippen LogP) is 4.57. The van der Waals surface area contributed by atoms with Crippen molar-refractivity contribution in [3.05, 3.63) is 49.0 Å². The van der Waals surface area contributed by atoms with Gasteiger partial charge in [-0.1, -0.05) is 12.1 Å². The maximum Gasteiger partial charge on any atom is 0.138 e. The van der Waals surface area contributed by atoms with Crippen LogP contribution in [0.3, 0.4) is 0 Å². The molecule has 0 bridgehead atoms. The van der Waals surface area contributed by atoms with Crippen molar-refractivity contribution >= 4 is 43.2 Å². The van der Waals surface area contributed by atoms with E-state index >= 15 is 0 Å². The number of para-hydroxylation sites is 1. The molecule has 2 rings (SSSR count). The molecule has 5 heteroatoms. The zero-order chi connectivity index (χ0) is 13.0. The molecule has 0 saturated heterocycles. The molecule has 2 nitrogen and oxygen atoms in total. The Morgan fingerprint density at radius 2 is 2.17 bits per heavy atom. The number of benzene rings is 1. The highest BCUT2D eigenvalue weighted by Gasteiger charge is 2.08. The molecule has 0 spiro atoms. The molecule has 0 aliphatic heterocycles. The Morgan fingerprint density at radius 1 is 1.33 bits per heavy atom. The van der Waals surface area contributed by atoms with Crippen LogP contribution in [0.4, 0.5) is 0 Å². The van der Waals surface area contributed by atoms with Gasteiger partial charge >= 0.3 is 0 Å². The summed E-state index contributed by atoms with van der Waals surface area (Å²) in [5, 5.41) is 5.21. The lowest BCUT2D eigenvalue weighted by atomic mass is 10.2. The summed E-state index contributed by atoms with van der Waals surface area (Å²) in [6, 6.07) is 8.17. The fourth-order valence-corrected chi connectivity index (χ4v) is 3.50. The quantitative estimate of drug-likeness (QED) is 0.807. The van der Waals surface area contributed by atoms with Crippen molar-refractivity contribution in [3.63, 3.8) is 0 Å². The van der Waals surface area contributed by atoms with Gasteiger partial charge in [0.1, 0.15) is 12.4 Å². The first-order valence-electron chi connectivity index (χ1n) is 5.48. The number of rotatable bonds is 5. The molecule has 0 fully saturated rings. The Balaban J connectivity index is 2.12. The molecule has 2 aromatic rings. The topological polar surface area (TPSA) is 21.3 Å². The van der Waals surface area contributed by atoms with Crippen molar-refractivity contribution in [3.8, 4) is 5.75 Å². The Morgan fingerprint density at radius 3 is 2.83 bits per heavy atom. The molecule has 1 heterocycles. The van der Waals surface area contributed by atoms with Crippen molar-refractivity contribution in [1.29, 1.82) is 0 Å². The lowest BCUT2D eigenvalue weighted by Gasteiger charge is -2.12. The van der Waals surface area contributed by atoms with E-state index in [-0.39, 0.29) is 0 Å². The molecule has 1 aromatic heterocycles. The van der Waals surface area contributed by atoms with Gasteiger partial charge < -0.3 is 10.1 Å². The minimum absolute atomic E-state index is 0.593. The standard InChI is InChI=1S/C13H13Br2NOS/c1-16-6-9-3-2-4-12(15)13(9)17-7-11-5-10(14)8-18-11/h2-5,8,16H,6-7H2,1H3. The molecule has 0 aliphatic carbocycles. The van der Waals surface area contributed by atoms with Crippen molar-refractivity contribution in [2.45, 2.75) is 13.2 Å². The van der Waals surface area contributed by atoms with Crippen LogP contribution in [0.2, 0.25) is 0 Å². The van der Waals surface area contributed by atoms with Gasteiger partial charge in [-0.2, -0.15) is 0 Å². The average molecular weight is 391 g/mol. The normalized spacial score (nSPS) is 10.6. The van der Waals surface area contributed by atoms with E-state index in [1.165, 1.54) is 4.88 Å². The van der Waals surface area contributed by atoms with E-state index in [1.807, 2.05) is 19.2 Å². The summed E-state index contributed by atoms with van der Waals surface area (Å²) in [6.45, 7) is 1.39. The van der Waals surface area contributed by atoms with E-state index in [1.54, 1.807) is 11.3 Å². The van der Waals surface area contributed by atoms with Gasteiger partial charge in [0.25, 0.3) is 0 Å². The molecule has 1 aromatic carbocycles. The van der Waals surface area contributed by atoms with E-state index in [4.69, 9.17) is 4.74 Å². The number of halogens is 2. The van der Waals surface area contributed by atoms with Crippen LogP contribution in [0.1, 0.15) is 10.4 Å². The maximum atomic E-state index is 5.92. The summed E-state index contributed by atoms with van der Waals surface area (Å²) in [6.07, 6.45) is 0. The number of ether oxygens (including phenoxy) is 1. The van der Waals surface area contributed by atoms with Gasteiger partial charge in [-0.15, -0.1) is 11.3 Å². The van der Waals surface area contributed by atoms with Crippen LogP contribution in [-0.4, -0.2) is 7.05 Å². The number of hydrogen-bond donors (Lipinski definition) is 1. The summed E-state index contributed by atoms with van der Waals surface area (Å²) < 4.78 is 8.02. The van der Waals surface area contributed by atoms with Gasteiger partial charge in [0.05, 0.1) is 4.47 Å². The maximum absolute atomic E-state index is 5.92. The molecule has 0 aliphatic rings. The minimum atomic E-state index is 0.593. The second kappa shape index (κ2) is 6.70. The smallest absolute Gasteiger partial charge is 0.138 e. The monoisotopic (exact) mass is 389 g/mol. The zero-order valence-corrected chi connectivity index (χ0v) is 13.9. The van der Waals surface area contributed by atoms with E-state index in [9.17, 15) is 0 Å². The van der Waals surface area contributed by atoms with Crippen molar-refractivity contribution < 1.29 is 4.74 Å². The van der Waals surface area contributed by atoms with E-state index in [0.29, 0.717) is 6.61 Å². The Hall–Kier alpha value is -0.360. The molecular formula is C13H13Br2NOS. The fourth-order valence-electron chi connectivity index (χ4n) is 1.62. The van der Waals surface area contributed by atoms with Crippen LogP contribution in [0.5, 0.6) is 5.75 Å². The summed E-state index contributed by atoms with van der Waals surface area (Å²) in [5.41, 5.74) is 1.16. The van der Waals surface area contributed by atoms with E-state index in [0.717, 1.165) is 26.8 Å². The molecule has 0 unspecified atom stereocenters. The summed E-state index contributed by atoms with van der Waals surface area (Å²) in [4.78, 5) is 1.20. The third-order valence-electron chi connectivity index (χ3n) is 2.40. The summed E-state index contributed by atoms with van der Waals surface area (Å²) >= 11 is 8.68. The van der Waals surface area contributed by atoms with Crippen LogP contribution < -0.4 is 10.1 Å². The molecule has 18 heavy (non-hydrogen) atoms. The molecular weight excluding hydrogens is 378 g/mol. The lowest BCUT2D eigenvalue weighted by molar-refractivity contribution is 0.304. The minimum Gasteiger partial charge on any atom is -0.487 e. The van der Waals surface area contributed by atoms with Crippen LogP contribution in [0.15, 0.2) is 38.6 Å². The molecule has 0 radical (unpaired) electrons. The number of thiophene rings is 1. The second-order valence-electron chi connectivity index (χ2n) is 3.78.